The molecule has 1 fully saturated rings. The van der Waals surface area contributed by atoms with Crippen LogP contribution in [0.5, 0.6) is 0 Å². The van der Waals surface area contributed by atoms with E-state index in [-0.39, 0.29) is 0 Å². The van der Waals surface area contributed by atoms with E-state index in [1.165, 1.54) is 0 Å². The number of anilines is 2. The van der Waals surface area contributed by atoms with Gasteiger partial charge in [-0.15, -0.1) is 0 Å². The predicted molar refractivity (Wildman–Crippen MR) is 101 cm³/mol. The molecular weight excluding hydrogens is 326 g/mol. The van der Waals surface area contributed by atoms with Crippen molar-refractivity contribution in [2.24, 2.45) is 5.92 Å². The molecule has 2 aromatic rings. The zero-order chi connectivity index (χ0) is 18.4. The summed E-state index contributed by atoms with van der Waals surface area (Å²) >= 11 is 0. The van der Waals surface area contributed by atoms with Crippen LogP contribution in [0.15, 0.2) is 36.7 Å². The lowest BCUT2D eigenvalue weighted by molar-refractivity contribution is -0.107. The number of rotatable bonds is 6. The Morgan fingerprint density at radius 3 is 2.92 bits per heavy atom. The molecule has 0 saturated carbocycles. The van der Waals surface area contributed by atoms with Gasteiger partial charge in [0.05, 0.1) is 0 Å². The summed E-state index contributed by atoms with van der Waals surface area (Å²) in [5, 5.41) is 9.25. The van der Waals surface area contributed by atoms with Crippen LogP contribution in [0.2, 0.25) is 0 Å². The minimum atomic E-state index is 0.377. The van der Waals surface area contributed by atoms with Gasteiger partial charge in [-0.05, 0) is 43.7 Å². The van der Waals surface area contributed by atoms with Crippen LogP contribution in [0, 0.1) is 24.2 Å². The summed E-state index contributed by atoms with van der Waals surface area (Å²) in [6.07, 6.45) is 7.20. The first-order valence-corrected chi connectivity index (χ1v) is 8.96. The van der Waals surface area contributed by atoms with Crippen LogP contribution >= 0.6 is 0 Å². The minimum absolute atomic E-state index is 0.377. The summed E-state index contributed by atoms with van der Waals surface area (Å²) in [6, 6.07) is 10.1. The summed E-state index contributed by atoms with van der Waals surface area (Å²) in [5.74, 6) is 1.13. The van der Waals surface area contributed by atoms with Crippen LogP contribution < -0.4 is 9.80 Å². The molecule has 0 aliphatic carbocycles. The first-order chi connectivity index (χ1) is 12.7. The molecule has 1 saturated heterocycles. The van der Waals surface area contributed by atoms with Gasteiger partial charge in [-0.3, -0.25) is 4.79 Å². The molecule has 0 N–H and O–H groups in total. The number of amides is 1. The Labute approximate surface area is 154 Å². The molecule has 6 heteroatoms. The highest BCUT2D eigenvalue weighted by Crippen LogP contribution is 2.26. The first kappa shape index (κ1) is 17.9. The van der Waals surface area contributed by atoms with Crippen molar-refractivity contribution >= 4 is 17.9 Å². The summed E-state index contributed by atoms with van der Waals surface area (Å²) in [4.78, 5) is 24.0. The molecule has 1 unspecified atom stereocenters. The van der Waals surface area contributed by atoms with Crippen molar-refractivity contribution in [1.29, 1.82) is 5.26 Å². The van der Waals surface area contributed by atoms with E-state index in [0.717, 1.165) is 50.0 Å². The fourth-order valence-corrected chi connectivity index (χ4v) is 3.57. The molecule has 26 heavy (non-hydrogen) atoms. The average Bonchev–Trinajstić information content (AvgIpc) is 2.70. The second-order valence-electron chi connectivity index (χ2n) is 6.67. The van der Waals surface area contributed by atoms with Gasteiger partial charge in [0.25, 0.3) is 0 Å². The van der Waals surface area contributed by atoms with Gasteiger partial charge in [0.1, 0.15) is 6.07 Å². The van der Waals surface area contributed by atoms with Crippen LogP contribution in [0.4, 0.5) is 11.5 Å². The molecule has 1 amide bonds. The van der Waals surface area contributed by atoms with Gasteiger partial charge in [0, 0.05) is 37.7 Å². The monoisotopic (exact) mass is 349 g/mol. The molecule has 1 atom stereocenters. The van der Waals surface area contributed by atoms with E-state index < -0.39 is 0 Å². The third-order valence-electron chi connectivity index (χ3n) is 4.93. The van der Waals surface area contributed by atoms with Gasteiger partial charge < -0.3 is 9.80 Å². The number of benzene rings is 1. The normalized spacial score (nSPS) is 16.8. The number of nitriles is 1. The van der Waals surface area contributed by atoms with E-state index in [0.29, 0.717) is 24.0 Å². The highest BCUT2D eigenvalue weighted by molar-refractivity contribution is 5.76. The standard InChI is InChI=1S/C20H23N5O/c1-16-5-2-3-7-19(16)25(15-26)12-8-17-6-4-11-24(14-17)20-18(13-21)22-9-10-23-20/h2-3,5,7,9-10,15,17H,4,6,8,11-12,14H2,1H3. The Kier molecular flexibility index (Phi) is 5.80. The van der Waals surface area contributed by atoms with Crippen molar-refractivity contribution in [2.75, 3.05) is 29.4 Å². The van der Waals surface area contributed by atoms with Gasteiger partial charge in [-0.25, -0.2) is 9.97 Å². The Hall–Kier alpha value is -2.94. The average molecular weight is 349 g/mol. The van der Waals surface area contributed by atoms with Crippen molar-refractivity contribution < 1.29 is 4.79 Å². The predicted octanol–water partition coefficient (Wildman–Crippen LogP) is 2.93. The van der Waals surface area contributed by atoms with E-state index >= 15 is 0 Å². The zero-order valence-electron chi connectivity index (χ0n) is 15.0. The maximum atomic E-state index is 11.6. The van der Waals surface area contributed by atoms with Crippen LogP contribution in [-0.2, 0) is 4.79 Å². The van der Waals surface area contributed by atoms with E-state index in [1.807, 2.05) is 31.2 Å². The minimum Gasteiger partial charge on any atom is -0.354 e. The Bertz CT molecular complexity index is 801. The zero-order valence-corrected chi connectivity index (χ0v) is 15.0. The molecule has 1 aliphatic heterocycles. The Morgan fingerprint density at radius 1 is 1.35 bits per heavy atom. The van der Waals surface area contributed by atoms with E-state index in [2.05, 4.69) is 20.9 Å². The van der Waals surface area contributed by atoms with Gasteiger partial charge in [0.15, 0.2) is 11.5 Å². The van der Waals surface area contributed by atoms with Crippen LogP contribution in [0.25, 0.3) is 0 Å². The molecule has 1 aromatic heterocycles. The van der Waals surface area contributed by atoms with Crippen molar-refractivity contribution in [1.82, 2.24) is 9.97 Å². The molecule has 1 aliphatic rings. The number of hydrogen-bond donors (Lipinski definition) is 0. The van der Waals surface area contributed by atoms with Crippen LogP contribution in [0.1, 0.15) is 30.5 Å². The molecule has 6 nitrogen and oxygen atoms in total. The topological polar surface area (TPSA) is 73.1 Å². The maximum Gasteiger partial charge on any atom is 0.214 e. The number of carbonyl (C=O) groups excluding carboxylic acids is 1. The number of para-hydroxylation sites is 1. The van der Waals surface area contributed by atoms with E-state index in [1.54, 1.807) is 17.3 Å². The summed E-state index contributed by atoms with van der Waals surface area (Å²) in [5.41, 5.74) is 2.45. The maximum absolute atomic E-state index is 11.6. The number of piperidine rings is 1. The quantitative estimate of drug-likeness (QED) is 0.750. The fourth-order valence-electron chi connectivity index (χ4n) is 3.57. The fraction of sp³-hybridized carbons (Fsp3) is 0.400. The smallest absolute Gasteiger partial charge is 0.214 e. The van der Waals surface area contributed by atoms with Gasteiger partial charge in [-0.1, -0.05) is 18.2 Å². The van der Waals surface area contributed by atoms with Gasteiger partial charge in [-0.2, -0.15) is 5.26 Å². The largest absolute Gasteiger partial charge is 0.354 e. The van der Waals surface area contributed by atoms with Crippen molar-refractivity contribution in [3.8, 4) is 6.07 Å². The lowest BCUT2D eigenvalue weighted by Crippen LogP contribution is -2.38. The summed E-state index contributed by atoms with van der Waals surface area (Å²) in [7, 11) is 0. The molecule has 134 valence electrons. The third-order valence-corrected chi connectivity index (χ3v) is 4.93. The van der Waals surface area contributed by atoms with Crippen LogP contribution in [-0.4, -0.2) is 36.0 Å². The number of carbonyl (C=O) groups is 1. The molecule has 1 aromatic carbocycles. The molecule has 0 radical (unpaired) electrons. The Morgan fingerprint density at radius 2 is 2.15 bits per heavy atom. The lowest BCUT2D eigenvalue weighted by Gasteiger charge is -2.34. The highest BCUT2D eigenvalue weighted by Gasteiger charge is 2.24. The van der Waals surface area contributed by atoms with Crippen LogP contribution in [0.3, 0.4) is 0 Å². The van der Waals surface area contributed by atoms with Crippen molar-refractivity contribution in [2.45, 2.75) is 26.2 Å². The summed E-state index contributed by atoms with van der Waals surface area (Å²) < 4.78 is 0. The SMILES string of the molecule is Cc1ccccc1N(C=O)CCC1CCCN(c2nccnc2C#N)C1. The van der Waals surface area contributed by atoms with Gasteiger partial charge in [0.2, 0.25) is 6.41 Å². The molecule has 3 rings (SSSR count). The van der Waals surface area contributed by atoms with Crippen molar-refractivity contribution in [3.05, 3.63) is 47.9 Å². The van der Waals surface area contributed by atoms with Gasteiger partial charge >= 0.3 is 0 Å². The number of aromatic nitrogens is 2. The second-order valence-corrected chi connectivity index (χ2v) is 6.67. The summed E-state index contributed by atoms with van der Waals surface area (Å²) in [6.45, 7) is 4.44. The Balaban J connectivity index is 1.64. The number of hydrogen-bond acceptors (Lipinski definition) is 5. The van der Waals surface area contributed by atoms with E-state index in [9.17, 15) is 10.1 Å². The molecule has 2 heterocycles. The lowest BCUT2D eigenvalue weighted by atomic mass is 9.94. The third kappa shape index (κ3) is 3.99. The number of nitrogens with zero attached hydrogens (tertiary/aromatic N) is 5. The molecule has 0 spiro atoms. The number of aryl methyl sites for hydroxylation is 1. The van der Waals surface area contributed by atoms with E-state index in [4.69, 9.17) is 0 Å². The molecule has 0 bridgehead atoms. The first-order valence-electron chi connectivity index (χ1n) is 8.96. The van der Waals surface area contributed by atoms with Crippen molar-refractivity contribution in [3.63, 3.8) is 0 Å². The molecular formula is C20H23N5O. The second kappa shape index (κ2) is 8.43. The highest BCUT2D eigenvalue weighted by atomic mass is 16.1.